The van der Waals surface area contributed by atoms with Crippen LogP contribution >= 0.6 is 15.9 Å². The van der Waals surface area contributed by atoms with Crippen LogP contribution in [-0.2, 0) is 14.3 Å². The van der Waals surface area contributed by atoms with E-state index in [2.05, 4.69) is 15.9 Å². The molecule has 0 saturated heterocycles. The zero-order valence-corrected chi connectivity index (χ0v) is 12.1. The quantitative estimate of drug-likeness (QED) is 0.661. The number of rotatable bonds is 5. The summed E-state index contributed by atoms with van der Waals surface area (Å²) in [6.45, 7) is 1.41. The monoisotopic (exact) mass is 327 g/mol. The number of carbonyl (C=O) groups is 2. The Morgan fingerprint density at radius 3 is 2.68 bits per heavy atom. The molecule has 2 N–H and O–H groups in total. The second-order valence-corrected chi connectivity index (χ2v) is 4.62. The minimum Gasteiger partial charge on any atom is -0.496 e. The number of benzene rings is 1. The standard InChI is InChI=1S/C13H14BrNO4/c1-8(13(15)17)19-12(16)6-3-9-7-10(14)4-5-11(9)18-2/h3-8H,1-2H3,(H2,15,17)/b6-3+/t8-/m0/s1. The maximum absolute atomic E-state index is 11.4. The van der Waals surface area contributed by atoms with Gasteiger partial charge in [-0.05, 0) is 31.2 Å². The zero-order valence-electron chi connectivity index (χ0n) is 10.6. The van der Waals surface area contributed by atoms with E-state index >= 15 is 0 Å². The highest BCUT2D eigenvalue weighted by atomic mass is 79.9. The molecule has 0 spiro atoms. The lowest BCUT2D eigenvalue weighted by atomic mass is 10.2. The molecule has 1 aromatic carbocycles. The van der Waals surface area contributed by atoms with Gasteiger partial charge in [-0.1, -0.05) is 15.9 Å². The Bertz CT molecular complexity index is 513. The van der Waals surface area contributed by atoms with Gasteiger partial charge in [0.05, 0.1) is 7.11 Å². The number of esters is 1. The van der Waals surface area contributed by atoms with E-state index in [-0.39, 0.29) is 0 Å². The van der Waals surface area contributed by atoms with Gasteiger partial charge < -0.3 is 15.2 Å². The normalized spacial score (nSPS) is 12.2. The first-order chi connectivity index (χ1) is 8.93. The van der Waals surface area contributed by atoms with Crippen LogP contribution in [0.25, 0.3) is 6.08 Å². The van der Waals surface area contributed by atoms with Gasteiger partial charge in [0.2, 0.25) is 0 Å². The van der Waals surface area contributed by atoms with Gasteiger partial charge in [-0.3, -0.25) is 4.79 Å². The van der Waals surface area contributed by atoms with E-state index in [1.807, 2.05) is 6.07 Å². The Kier molecular flexibility index (Phi) is 5.57. The smallest absolute Gasteiger partial charge is 0.331 e. The fourth-order valence-corrected chi connectivity index (χ4v) is 1.64. The summed E-state index contributed by atoms with van der Waals surface area (Å²) in [5.41, 5.74) is 5.70. The van der Waals surface area contributed by atoms with Gasteiger partial charge in [-0.15, -0.1) is 0 Å². The summed E-state index contributed by atoms with van der Waals surface area (Å²) in [7, 11) is 1.54. The SMILES string of the molecule is COc1ccc(Br)cc1/C=C/C(=O)O[C@@H](C)C(N)=O. The Balaban J connectivity index is 2.78. The third kappa shape index (κ3) is 4.75. The van der Waals surface area contributed by atoms with Crippen molar-refractivity contribution < 1.29 is 19.1 Å². The molecule has 1 atom stereocenters. The van der Waals surface area contributed by atoms with Crippen LogP contribution in [0.15, 0.2) is 28.7 Å². The van der Waals surface area contributed by atoms with Crippen LogP contribution in [-0.4, -0.2) is 25.1 Å². The van der Waals surface area contributed by atoms with E-state index in [9.17, 15) is 9.59 Å². The highest BCUT2D eigenvalue weighted by Crippen LogP contribution is 2.24. The van der Waals surface area contributed by atoms with Crippen molar-refractivity contribution in [2.45, 2.75) is 13.0 Å². The molecule has 0 unspecified atom stereocenters. The second kappa shape index (κ2) is 6.94. The molecule has 0 aliphatic heterocycles. The first-order valence-electron chi connectivity index (χ1n) is 5.45. The van der Waals surface area contributed by atoms with Crippen molar-refractivity contribution in [3.8, 4) is 5.75 Å². The molecule has 1 aromatic rings. The summed E-state index contributed by atoms with van der Waals surface area (Å²) in [6.07, 6.45) is 1.80. The largest absolute Gasteiger partial charge is 0.496 e. The molecule has 5 nitrogen and oxygen atoms in total. The van der Waals surface area contributed by atoms with E-state index in [0.717, 1.165) is 4.47 Å². The first-order valence-corrected chi connectivity index (χ1v) is 6.25. The lowest BCUT2D eigenvalue weighted by molar-refractivity contribution is -0.148. The summed E-state index contributed by atoms with van der Waals surface area (Å²) < 4.78 is 10.8. The summed E-state index contributed by atoms with van der Waals surface area (Å²) in [6, 6.07) is 5.38. The molecule has 1 amide bonds. The van der Waals surface area contributed by atoms with Gasteiger partial charge in [0.15, 0.2) is 6.10 Å². The van der Waals surface area contributed by atoms with Gasteiger partial charge in [0.1, 0.15) is 5.75 Å². The number of nitrogens with two attached hydrogens (primary N) is 1. The van der Waals surface area contributed by atoms with Gasteiger partial charge >= 0.3 is 5.97 Å². The second-order valence-electron chi connectivity index (χ2n) is 3.70. The lowest BCUT2D eigenvalue weighted by Gasteiger charge is -2.07. The molecular weight excluding hydrogens is 314 g/mol. The van der Waals surface area contributed by atoms with Crippen LogP contribution in [0.3, 0.4) is 0 Å². The van der Waals surface area contributed by atoms with Gasteiger partial charge in [-0.25, -0.2) is 4.79 Å². The molecule has 19 heavy (non-hydrogen) atoms. The van der Waals surface area contributed by atoms with Crippen molar-refractivity contribution in [3.63, 3.8) is 0 Å². The highest BCUT2D eigenvalue weighted by molar-refractivity contribution is 9.10. The molecule has 0 aromatic heterocycles. The number of hydrogen-bond acceptors (Lipinski definition) is 4. The molecule has 0 aliphatic rings. The third-order valence-electron chi connectivity index (χ3n) is 2.28. The number of carbonyl (C=O) groups excluding carboxylic acids is 2. The molecule has 0 heterocycles. The van der Waals surface area contributed by atoms with Crippen LogP contribution in [0.4, 0.5) is 0 Å². The number of halogens is 1. The Morgan fingerprint density at radius 1 is 1.42 bits per heavy atom. The van der Waals surface area contributed by atoms with Gasteiger partial charge in [0, 0.05) is 16.1 Å². The molecule has 0 saturated carbocycles. The molecule has 0 fully saturated rings. The molecule has 102 valence electrons. The zero-order chi connectivity index (χ0) is 14.4. The molecule has 0 bridgehead atoms. The molecular formula is C13H14BrNO4. The number of primary amides is 1. The summed E-state index contributed by atoms with van der Waals surface area (Å²) >= 11 is 3.33. The van der Waals surface area contributed by atoms with E-state index in [1.54, 1.807) is 18.2 Å². The van der Waals surface area contributed by atoms with Crippen molar-refractivity contribution >= 4 is 33.9 Å². The minimum atomic E-state index is -0.957. The van der Waals surface area contributed by atoms with Gasteiger partial charge in [-0.2, -0.15) is 0 Å². The number of amides is 1. The van der Waals surface area contributed by atoms with Crippen molar-refractivity contribution in [2.24, 2.45) is 5.73 Å². The lowest BCUT2D eigenvalue weighted by Crippen LogP contribution is -2.29. The first kappa shape index (κ1) is 15.2. The number of methoxy groups -OCH3 is 1. The van der Waals surface area contributed by atoms with Crippen LogP contribution < -0.4 is 10.5 Å². The Hall–Kier alpha value is -1.82. The van der Waals surface area contributed by atoms with Crippen LogP contribution in [0.5, 0.6) is 5.75 Å². The van der Waals surface area contributed by atoms with E-state index < -0.39 is 18.0 Å². The average Bonchev–Trinajstić information content (AvgIpc) is 2.36. The number of hydrogen-bond donors (Lipinski definition) is 1. The topological polar surface area (TPSA) is 78.6 Å². The maximum Gasteiger partial charge on any atom is 0.331 e. The molecule has 6 heteroatoms. The average molecular weight is 328 g/mol. The molecule has 0 radical (unpaired) electrons. The predicted octanol–water partition coefficient (Wildman–Crippen LogP) is 1.89. The van der Waals surface area contributed by atoms with Crippen molar-refractivity contribution in [3.05, 3.63) is 34.3 Å². The Labute approximate surface area is 119 Å². The van der Waals surface area contributed by atoms with Crippen LogP contribution in [0.2, 0.25) is 0 Å². The highest BCUT2D eigenvalue weighted by Gasteiger charge is 2.12. The summed E-state index contributed by atoms with van der Waals surface area (Å²) in [4.78, 5) is 22.2. The van der Waals surface area contributed by atoms with Crippen molar-refractivity contribution in [1.29, 1.82) is 0 Å². The summed E-state index contributed by atoms with van der Waals surface area (Å²) in [5.74, 6) is -0.717. The van der Waals surface area contributed by atoms with Crippen molar-refractivity contribution in [2.75, 3.05) is 7.11 Å². The molecule has 1 rings (SSSR count). The van der Waals surface area contributed by atoms with Crippen LogP contribution in [0.1, 0.15) is 12.5 Å². The fourth-order valence-electron chi connectivity index (χ4n) is 1.26. The minimum absolute atomic E-state index is 0.621. The maximum atomic E-state index is 11.4. The third-order valence-corrected chi connectivity index (χ3v) is 2.78. The van der Waals surface area contributed by atoms with E-state index in [4.69, 9.17) is 15.2 Å². The summed E-state index contributed by atoms with van der Waals surface area (Å²) in [5, 5.41) is 0. The van der Waals surface area contributed by atoms with E-state index in [0.29, 0.717) is 11.3 Å². The van der Waals surface area contributed by atoms with Crippen molar-refractivity contribution in [1.82, 2.24) is 0 Å². The Morgan fingerprint density at radius 2 is 2.11 bits per heavy atom. The fraction of sp³-hybridized carbons (Fsp3) is 0.231. The predicted molar refractivity (Wildman–Crippen MR) is 74.5 cm³/mol. The van der Waals surface area contributed by atoms with Crippen LogP contribution in [0, 0.1) is 0 Å². The molecule has 0 aliphatic carbocycles. The van der Waals surface area contributed by atoms with Gasteiger partial charge in [0.25, 0.3) is 5.91 Å². The van der Waals surface area contributed by atoms with E-state index in [1.165, 1.54) is 20.1 Å². The number of ether oxygens (including phenoxy) is 2.